The summed E-state index contributed by atoms with van der Waals surface area (Å²) in [7, 11) is 0. The summed E-state index contributed by atoms with van der Waals surface area (Å²) >= 11 is 0. The molecule has 8 heteroatoms. The first-order valence-electron chi connectivity index (χ1n) is 12.6. The molecule has 7 N–H and O–H groups in total. The molecule has 0 amide bonds. The topological polar surface area (TPSA) is 159 Å². The van der Waals surface area contributed by atoms with Crippen LogP contribution in [0.3, 0.4) is 0 Å². The first kappa shape index (κ1) is 37.3. The van der Waals surface area contributed by atoms with Crippen LogP contribution in [-0.4, -0.2) is 79.3 Å². The molecule has 0 aliphatic rings. The molecule has 4 atom stereocenters. The Morgan fingerprint density at radius 3 is 1.38 bits per heavy atom. The van der Waals surface area contributed by atoms with Crippen LogP contribution in [0.5, 0.6) is 0 Å². The Morgan fingerprint density at radius 2 is 1.03 bits per heavy atom. The molecule has 0 saturated carbocycles. The predicted molar refractivity (Wildman–Crippen MR) is 137 cm³/mol. The molecule has 34 heavy (non-hydrogen) atoms. The van der Waals surface area contributed by atoms with Crippen molar-refractivity contribution in [1.82, 2.24) is 0 Å². The van der Waals surface area contributed by atoms with Gasteiger partial charge >= 0.3 is 5.97 Å². The zero-order valence-corrected chi connectivity index (χ0v) is 21.2. The zero-order chi connectivity index (χ0) is 26.6. The van der Waals surface area contributed by atoms with Gasteiger partial charge in [0.05, 0.1) is 13.2 Å². The summed E-state index contributed by atoms with van der Waals surface area (Å²) in [4.78, 5) is 10.3. The number of rotatable bonds is 20. The minimum absolute atomic E-state index is 0.332. The predicted octanol–water partition coefficient (Wildman–Crippen LogP) is 3.33. The maximum absolute atomic E-state index is 10.3. The van der Waals surface area contributed by atoms with E-state index in [1.807, 2.05) is 0 Å². The van der Waals surface area contributed by atoms with Gasteiger partial charge in [0.25, 0.3) is 0 Å². The molecular weight excluding hydrogens is 440 g/mol. The third-order valence-electron chi connectivity index (χ3n) is 5.16. The van der Waals surface area contributed by atoms with Gasteiger partial charge in [-0.2, -0.15) is 0 Å². The summed E-state index contributed by atoms with van der Waals surface area (Å²) in [6.45, 7) is 6.81. The largest absolute Gasteiger partial charge is 0.481 e. The van der Waals surface area contributed by atoms with Crippen molar-refractivity contribution in [2.24, 2.45) is 0 Å². The standard InChI is InChI=1S/C18H34O2.C6H14O6.C2H4/c1-2-3-4-5-6-7-8-9-10-11-12-13-14-15-16-17-18(19)20;7-1-3(9)5(11)6(12)4(10)2-8;1-2/h9-10H,2-8,11-17H2,1H3,(H,19,20);3-12H,1-2H2;1-2H2/b10-9-;;. The molecule has 0 aromatic rings. The van der Waals surface area contributed by atoms with Crippen molar-refractivity contribution in [3.8, 4) is 0 Å². The van der Waals surface area contributed by atoms with Gasteiger partial charge in [-0.05, 0) is 32.1 Å². The highest BCUT2D eigenvalue weighted by atomic mass is 16.4. The zero-order valence-electron chi connectivity index (χ0n) is 21.2. The summed E-state index contributed by atoms with van der Waals surface area (Å²) in [5.74, 6) is -0.664. The Balaban J connectivity index is -0.000000585. The van der Waals surface area contributed by atoms with Crippen LogP contribution in [0.1, 0.15) is 96.8 Å². The number of aliphatic carboxylic acids is 1. The summed E-state index contributed by atoms with van der Waals surface area (Å²) in [5.41, 5.74) is 0. The highest BCUT2D eigenvalue weighted by Crippen LogP contribution is 2.10. The Kier molecular flexibility index (Phi) is 32.6. The third kappa shape index (κ3) is 27.0. The van der Waals surface area contributed by atoms with E-state index in [0.29, 0.717) is 6.42 Å². The molecule has 0 heterocycles. The highest BCUT2D eigenvalue weighted by molar-refractivity contribution is 5.66. The lowest BCUT2D eigenvalue weighted by Crippen LogP contribution is -2.46. The Labute approximate surface area is 206 Å². The molecule has 204 valence electrons. The second-order valence-corrected chi connectivity index (χ2v) is 8.21. The van der Waals surface area contributed by atoms with Gasteiger partial charge in [-0.3, -0.25) is 4.79 Å². The molecular formula is C26H52O8. The first-order valence-corrected chi connectivity index (χ1v) is 12.6. The van der Waals surface area contributed by atoms with Crippen LogP contribution in [0.25, 0.3) is 0 Å². The van der Waals surface area contributed by atoms with Gasteiger partial charge in [0, 0.05) is 6.42 Å². The molecule has 0 aromatic carbocycles. The van der Waals surface area contributed by atoms with Crippen LogP contribution in [0, 0.1) is 0 Å². The maximum Gasteiger partial charge on any atom is 0.303 e. The fraction of sp³-hybridized carbons (Fsp3) is 0.808. The number of carboxylic acids is 1. The average Bonchev–Trinajstić information content (AvgIpc) is 2.85. The lowest BCUT2D eigenvalue weighted by Gasteiger charge is -2.24. The van der Waals surface area contributed by atoms with Gasteiger partial charge in [-0.15, -0.1) is 13.2 Å². The molecule has 4 unspecified atom stereocenters. The molecule has 0 bridgehead atoms. The third-order valence-corrected chi connectivity index (χ3v) is 5.16. The van der Waals surface area contributed by atoms with Crippen LogP contribution in [-0.2, 0) is 4.79 Å². The lowest BCUT2D eigenvalue weighted by molar-refractivity contribution is -0.137. The second-order valence-electron chi connectivity index (χ2n) is 8.21. The van der Waals surface area contributed by atoms with Crippen molar-refractivity contribution >= 4 is 5.97 Å². The van der Waals surface area contributed by atoms with Crippen molar-refractivity contribution in [1.29, 1.82) is 0 Å². The quantitative estimate of drug-likeness (QED) is 0.101. The number of hydrogen-bond donors (Lipinski definition) is 7. The molecule has 8 nitrogen and oxygen atoms in total. The summed E-state index contributed by atoms with van der Waals surface area (Å²) in [6, 6.07) is 0. The number of hydrogen-bond acceptors (Lipinski definition) is 7. The van der Waals surface area contributed by atoms with Crippen molar-refractivity contribution < 1.29 is 40.5 Å². The summed E-state index contributed by atoms with van der Waals surface area (Å²) in [6.07, 6.45) is 14.8. The van der Waals surface area contributed by atoms with Gasteiger partial charge in [-0.1, -0.05) is 70.4 Å². The molecule has 0 spiro atoms. The Morgan fingerprint density at radius 1 is 0.676 bits per heavy atom. The molecule has 0 aliphatic heterocycles. The van der Waals surface area contributed by atoms with E-state index in [1.54, 1.807) is 0 Å². The van der Waals surface area contributed by atoms with Crippen LogP contribution < -0.4 is 0 Å². The van der Waals surface area contributed by atoms with E-state index in [4.69, 9.17) is 35.7 Å². The SMILES string of the molecule is C=C.CCCCCCCC/C=C\CCCCCCCC(=O)O.OCC(O)C(O)C(O)C(O)CO. The smallest absolute Gasteiger partial charge is 0.303 e. The molecule has 0 aromatic heterocycles. The number of allylic oxidation sites excluding steroid dienone is 2. The first-order chi connectivity index (χ1) is 16.3. The molecule has 0 fully saturated rings. The Bertz CT molecular complexity index is 431. The molecule has 0 saturated heterocycles. The van der Waals surface area contributed by atoms with Crippen LogP contribution in [0.2, 0.25) is 0 Å². The number of aliphatic hydroxyl groups is 6. The minimum Gasteiger partial charge on any atom is -0.481 e. The van der Waals surface area contributed by atoms with Gasteiger partial charge in [-0.25, -0.2) is 0 Å². The van der Waals surface area contributed by atoms with E-state index in [-0.39, 0.29) is 0 Å². The van der Waals surface area contributed by atoms with E-state index in [2.05, 4.69) is 32.2 Å². The number of carboxylic acid groups (broad SMARTS) is 1. The van der Waals surface area contributed by atoms with Gasteiger partial charge in [0.15, 0.2) is 0 Å². The van der Waals surface area contributed by atoms with Crippen molar-refractivity contribution in [3.63, 3.8) is 0 Å². The number of carbonyl (C=O) groups is 1. The molecule has 0 aliphatic carbocycles. The lowest BCUT2D eigenvalue weighted by atomic mass is 10.0. The van der Waals surface area contributed by atoms with Crippen LogP contribution in [0.15, 0.2) is 25.3 Å². The van der Waals surface area contributed by atoms with E-state index in [0.717, 1.165) is 12.8 Å². The van der Waals surface area contributed by atoms with Gasteiger partial charge in [0.2, 0.25) is 0 Å². The van der Waals surface area contributed by atoms with E-state index >= 15 is 0 Å². The monoisotopic (exact) mass is 492 g/mol. The number of aliphatic hydroxyl groups excluding tert-OH is 6. The van der Waals surface area contributed by atoms with E-state index in [1.165, 1.54) is 70.6 Å². The van der Waals surface area contributed by atoms with Gasteiger partial charge < -0.3 is 35.7 Å². The van der Waals surface area contributed by atoms with Crippen molar-refractivity contribution in [2.45, 2.75) is 121 Å². The average molecular weight is 493 g/mol. The van der Waals surface area contributed by atoms with Gasteiger partial charge in [0.1, 0.15) is 24.4 Å². The molecule has 0 radical (unpaired) electrons. The van der Waals surface area contributed by atoms with E-state index < -0.39 is 43.6 Å². The van der Waals surface area contributed by atoms with Crippen molar-refractivity contribution in [3.05, 3.63) is 25.3 Å². The summed E-state index contributed by atoms with van der Waals surface area (Å²) < 4.78 is 0. The summed E-state index contributed by atoms with van der Waals surface area (Å²) in [5, 5.41) is 60.7. The minimum atomic E-state index is -1.67. The van der Waals surface area contributed by atoms with E-state index in [9.17, 15) is 4.79 Å². The van der Waals surface area contributed by atoms with Crippen LogP contribution >= 0.6 is 0 Å². The fourth-order valence-electron chi connectivity index (χ4n) is 3.02. The van der Waals surface area contributed by atoms with Crippen molar-refractivity contribution in [2.75, 3.05) is 13.2 Å². The number of unbranched alkanes of at least 4 members (excludes halogenated alkanes) is 11. The van der Waals surface area contributed by atoms with Crippen LogP contribution in [0.4, 0.5) is 0 Å². The normalized spacial score (nSPS) is 14.3. The Hall–Kier alpha value is -1.29. The highest BCUT2D eigenvalue weighted by Gasteiger charge is 2.29. The maximum atomic E-state index is 10.3. The second kappa shape index (κ2) is 29.7. The molecule has 0 rings (SSSR count). The fourth-order valence-corrected chi connectivity index (χ4v) is 3.02.